The van der Waals surface area contributed by atoms with Gasteiger partial charge in [-0.3, -0.25) is 9.59 Å². The van der Waals surface area contributed by atoms with Crippen molar-refractivity contribution in [3.05, 3.63) is 76.0 Å². The Morgan fingerprint density at radius 1 is 1.16 bits per heavy atom. The van der Waals surface area contributed by atoms with Gasteiger partial charge in [-0.25, -0.2) is 9.37 Å². The van der Waals surface area contributed by atoms with E-state index in [1.807, 2.05) is 24.3 Å². The van der Waals surface area contributed by atoms with Gasteiger partial charge in [0.05, 0.1) is 11.0 Å². The Kier molecular flexibility index (Phi) is 4.88. The highest BCUT2D eigenvalue weighted by atomic mass is 19.1. The lowest BCUT2D eigenvalue weighted by molar-refractivity contribution is -0.121. The largest absolute Gasteiger partial charge is 0.352 e. The second-order valence-corrected chi connectivity index (χ2v) is 5.80. The zero-order chi connectivity index (χ0) is 17.8. The number of nitrogens with zero attached hydrogens (tertiary/aromatic N) is 2. The summed E-state index contributed by atoms with van der Waals surface area (Å²) in [6, 6.07) is 13.3. The van der Waals surface area contributed by atoms with E-state index in [1.54, 1.807) is 23.6 Å². The van der Waals surface area contributed by atoms with Crippen molar-refractivity contribution in [2.45, 2.75) is 26.4 Å². The molecular formula is C19H18FN3O2. The number of aryl methyl sites for hydroxylation is 2. The summed E-state index contributed by atoms with van der Waals surface area (Å²) in [5.74, 6) is -0.482. The summed E-state index contributed by atoms with van der Waals surface area (Å²) in [6.07, 6.45) is 0.175. The average molecular weight is 339 g/mol. The van der Waals surface area contributed by atoms with Gasteiger partial charge in [0.15, 0.2) is 0 Å². The lowest BCUT2D eigenvalue weighted by Crippen LogP contribution is -2.28. The fourth-order valence-electron chi connectivity index (χ4n) is 2.65. The molecule has 2 aromatic carbocycles. The van der Waals surface area contributed by atoms with E-state index in [1.165, 1.54) is 12.1 Å². The number of carbonyl (C=O) groups excluding carboxylic acids is 1. The molecule has 1 amide bonds. The number of benzene rings is 2. The Balaban J connectivity index is 1.68. The van der Waals surface area contributed by atoms with Crippen LogP contribution >= 0.6 is 0 Å². The normalized spacial score (nSPS) is 10.8. The number of hydrogen-bond acceptors (Lipinski definition) is 3. The molecule has 0 saturated carbocycles. The minimum Gasteiger partial charge on any atom is -0.352 e. The van der Waals surface area contributed by atoms with E-state index >= 15 is 0 Å². The number of nitrogens with one attached hydrogen (secondary N) is 1. The van der Waals surface area contributed by atoms with Crippen LogP contribution in [0, 0.1) is 12.7 Å². The number of halogens is 1. The molecule has 0 radical (unpaired) electrons. The predicted molar refractivity (Wildman–Crippen MR) is 93.6 cm³/mol. The van der Waals surface area contributed by atoms with Crippen molar-refractivity contribution < 1.29 is 9.18 Å². The topological polar surface area (TPSA) is 64.0 Å². The number of amides is 1. The zero-order valence-corrected chi connectivity index (χ0v) is 13.8. The first-order valence-electron chi connectivity index (χ1n) is 8.02. The number of hydrogen-bond donors (Lipinski definition) is 1. The van der Waals surface area contributed by atoms with Crippen molar-refractivity contribution in [3.8, 4) is 0 Å². The van der Waals surface area contributed by atoms with Crippen LogP contribution < -0.4 is 10.9 Å². The first-order chi connectivity index (χ1) is 12.0. The van der Waals surface area contributed by atoms with Crippen LogP contribution in [0.15, 0.2) is 53.3 Å². The van der Waals surface area contributed by atoms with Crippen LogP contribution in [-0.4, -0.2) is 15.5 Å². The second-order valence-electron chi connectivity index (χ2n) is 5.80. The molecule has 128 valence electrons. The third-order valence-electron chi connectivity index (χ3n) is 3.98. The molecule has 0 fully saturated rings. The van der Waals surface area contributed by atoms with Gasteiger partial charge in [0.25, 0.3) is 5.56 Å². The molecule has 0 atom stereocenters. The summed E-state index contributed by atoms with van der Waals surface area (Å²) in [4.78, 5) is 28.7. The second kappa shape index (κ2) is 7.25. The fourth-order valence-corrected chi connectivity index (χ4v) is 2.65. The molecule has 6 heteroatoms. The minimum atomic E-state index is -0.311. The fraction of sp³-hybridized carbons (Fsp3) is 0.211. The molecule has 1 aromatic heterocycles. The van der Waals surface area contributed by atoms with Gasteiger partial charge in [0.2, 0.25) is 5.91 Å². The molecule has 1 N–H and O–H groups in total. The first kappa shape index (κ1) is 16.8. The van der Waals surface area contributed by atoms with Gasteiger partial charge >= 0.3 is 0 Å². The maximum atomic E-state index is 12.9. The van der Waals surface area contributed by atoms with Crippen LogP contribution in [0.2, 0.25) is 0 Å². The molecule has 1 heterocycles. The summed E-state index contributed by atoms with van der Waals surface area (Å²) in [5, 5.41) is 2.78. The Morgan fingerprint density at radius 3 is 2.64 bits per heavy atom. The van der Waals surface area contributed by atoms with Crippen molar-refractivity contribution in [1.82, 2.24) is 14.9 Å². The van der Waals surface area contributed by atoms with Gasteiger partial charge in [-0.05, 0) is 36.8 Å². The lowest BCUT2D eigenvalue weighted by atomic mass is 10.2. The maximum absolute atomic E-state index is 12.9. The van der Waals surface area contributed by atoms with E-state index < -0.39 is 0 Å². The van der Waals surface area contributed by atoms with Gasteiger partial charge in [0, 0.05) is 19.5 Å². The van der Waals surface area contributed by atoms with E-state index in [2.05, 4.69) is 10.3 Å². The molecule has 0 aliphatic heterocycles. The molecule has 0 saturated heterocycles. The zero-order valence-electron chi connectivity index (χ0n) is 13.8. The lowest BCUT2D eigenvalue weighted by Gasteiger charge is -2.11. The van der Waals surface area contributed by atoms with E-state index in [-0.39, 0.29) is 30.2 Å². The van der Waals surface area contributed by atoms with Crippen LogP contribution in [0.3, 0.4) is 0 Å². The van der Waals surface area contributed by atoms with E-state index in [9.17, 15) is 14.0 Å². The summed E-state index contributed by atoms with van der Waals surface area (Å²) < 4.78 is 14.4. The van der Waals surface area contributed by atoms with E-state index in [0.717, 1.165) is 11.1 Å². The molecule has 25 heavy (non-hydrogen) atoms. The van der Waals surface area contributed by atoms with Crippen molar-refractivity contribution in [2.75, 3.05) is 0 Å². The number of fused-ring (bicyclic) bond motifs is 1. The van der Waals surface area contributed by atoms with Crippen LogP contribution in [0.5, 0.6) is 0 Å². The SMILES string of the molecule is Cc1nc2ccccc2n(CCC(=O)NCc2ccc(F)cc2)c1=O. The van der Waals surface area contributed by atoms with Crippen molar-refractivity contribution in [3.63, 3.8) is 0 Å². The quantitative estimate of drug-likeness (QED) is 0.777. The van der Waals surface area contributed by atoms with Crippen LogP contribution in [-0.2, 0) is 17.9 Å². The Hall–Kier alpha value is -3.02. The van der Waals surface area contributed by atoms with Crippen LogP contribution in [0.4, 0.5) is 4.39 Å². The number of carbonyl (C=O) groups is 1. The van der Waals surface area contributed by atoms with Gasteiger partial charge in [-0.2, -0.15) is 0 Å². The Labute approximate surface area is 144 Å². The minimum absolute atomic E-state index is 0.172. The van der Waals surface area contributed by atoms with Gasteiger partial charge in [-0.15, -0.1) is 0 Å². The molecule has 0 aliphatic rings. The highest BCUT2D eigenvalue weighted by Crippen LogP contribution is 2.10. The van der Waals surface area contributed by atoms with E-state index in [0.29, 0.717) is 17.8 Å². The molecule has 5 nitrogen and oxygen atoms in total. The average Bonchev–Trinajstić information content (AvgIpc) is 2.61. The van der Waals surface area contributed by atoms with Gasteiger partial charge in [-0.1, -0.05) is 24.3 Å². The molecule has 3 aromatic rings. The van der Waals surface area contributed by atoms with Crippen molar-refractivity contribution in [1.29, 1.82) is 0 Å². The van der Waals surface area contributed by atoms with Gasteiger partial charge < -0.3 is 9.88 Å². The summed E-state index contributed by atoms with van der Waals surface area (Å²) in [6.45, 7) is 2.27. The summed E-state index contributed by atoms with van der Waals surface area (Å²) in [7, 11) is 0. The van der Waals surface area contributed by atoms with Gasteiger partial charge in [0.1, 0.15) is 11.5 Å². The molecular weight excluding hydrogens is 321 g/mol. The monoisotopic (exact) mass is 339 g/mol. The third-order valence-corrected chi connectivity index (χ3v) is 3.98. The van der Waals surface area contributed by atoms with Crippen LogP contribution in [0.1, 0.15) is 17.7 Å². The third kappa shape index (κ3) is 3.91. The first-order valence-corrected chi connectivity index (χ1v) is 8.02. The number of rotatable bonds is 5. The molecule has 0 bridgehead atoms. The standard InChI is InChI=1S/C19H18FN3O2/c1-13-19(25)23(17-5-3-2-4-16(17)22-13)11-10-18(24)21-12-14-6-8-15(20)9-7-14/h2-9H,10-12H2,1H3,(H,21,24). The number of aromatic nitrogens is 2. The Morgan fingerprint density at radius 2 is 1.88 bits per heavy atom. The number of para-hydroxylation sites is 2. The van der Waals surface area contributed by atoms with Crippen LogP contribution in [0.25, 0.3) is 11.0 Å². The highest BCUT2D eigenvalue weighted by Gasteiger charge is 2.09. The Bertz CT molecular complexity index is 965. The maximum Gasteiger partial charge on any atom is 0.272 e. The van der Waals surface area contributed by atoms with Crippen molar-refractivity contribution in [2.24, 2.45) is 0 Å². The molecule has 0 aliphatic carbocycles. The molecule has 0 unspecified atom stereocenters. The molecule has 3 rings (SSSR count). The van der Waals surface area contributed by atoms with E-state index in [4.69, 9.17) is 0 Å². The smallest absolute Gasteiger partial charge is 0.272 e. The summed E-state index contributed by atoms with van der Waals surface area (Å²) >= 11 is 0. The van der Waals surface area contributed by atoms with Crippen molar-refractivity contribution >= 4 is 16.9 Å². The highest BCUT2D eigenvalue weighted by molar-refractivity contribution is 5.77. The molecule has 0 spiro atoms. The summed E-state index contributed by atoms with van der Waals surface area (Å²) in [5.41, 5.74) is 2.48. The predicted octanol–water partition coefficient (Wildman–Crippen LogP) is 2.55.